The summed E-state index contributed by atoms with van der Waals surface area (Å²) >= 11 is 0. The molecule has 0 saturated heterocycles. The summed E-state index contributed by atoms with van der Waals surface area (Å²) in [5, 5.41) is 2.70. The Kier molecular flexibility index (Phi) is 4.49. The fraction of sp³-hybridized carbons (Fsp3) is 0.636. The highest BCUT2D eigenvalue weighted by molar-refractivity contribution is 5.81. The van der Waals surface area contributed by atoms with E-state index in [2.05, 4.69) is 10.3 Å². The quantitative estimate of drug-likeness (QED) is 0.782. The molecule has 16 heavy (non-hydrogen) atoms. The van der Waals surface area contributed by atoms with Crippen LogP contribution >= 0.6 is 0 Å². The summed E-state index contributed by atoms with van der Waals surface area (Å²) in [6, 6.07) is -0.462. The van der Waals surface area contributed by atoms with Crippen molar-refractivity contribution in [3.05, 3.63) is 17.8 Å². The number of aromatic nitrogens is 1. The molecule has 5 nitrogen and oxygen atoms in total. The lowest BCUT2D eigenvalue weighted by Gasteiger charge is -2.13. The van der Waals surface area contributed by atoms with Gasteiger partial charge in [-0.1, -0.05) is 13.8 Å². The molecule has 1 atom stereocenters. The number of hydrogen-bond acceptors (Lipinski definition) is 4. The number of carbonyl (C=O) groups excluding carboxylic acids is 1. The molecule has 1 aromatic heterocycles. The third kappa shape index (κ3) is 4.02. The van der Waals surface area contributed by atoms with Gasteiger partial charge in [0.25, 0.3) is 0 Å². The molecular formula is C11H19N3O2. The summed E-state index contributed by atoms with van der Waals surface area (Å²) in [4.78, 5) is 15.5. The van der Waals surface area contributed by atoms with Gasteiger partial charge in [-0.05, 0) is 19.3 Å². The van der Waals surface area contributed by atoms with E-state index in [-0.39, 0.29) is 5.91 Å². The van der Waals surface area contributed by atoms with Crippen LogP contribution in [0.3, 0.4) is 0 Å². The zero-order valence-electron chi connectivity index (χ0n) is 9.99. The molecule has 0 aliphatic rings. The van der Waals surface area contributed by atoms with Crippen LogP contribution in [0.25, 0.3) is 0 Å². The van der Waals surface area contributed by atoms with Gasteiger partial charge in [-0.2, -0.15) is 0 Å². The lowest BCUT2D eigenvalue weighted by molar-refractivity contribution is -0.122. The van der Waals surface area contributed by atoms with Gasteiger partial charge >= 0.3 is 0 Å². The average Bonchev–Trinajstić information content (AvgIpc) is 2.59. The summed E-state index contributed by atoms with van der Waals surface area (Å²) in [6.07, 6.45) is 2.30. The molecule has 0 spiro atoms. The zero-order valence-corrected chi connectivity index (χ0v) is 9.99. The standard InChI is InChI=1S/C11H19N3O2/c1-7(2)4-9(12)11(15)14-6-10-13-5-8(3)16-10/h5,7,9H,4,6,12H2,1-3H3,(H,14,15). The molecule has 0 aliphatic carbocycles. The van der Waals surface area contributed by atoms with Crippen molar-refractivity contribution in [2.45, 2.75) is 39.8 Å². The van der Waals surface area contributed by atoms with Crippen LogP contribution in [-0.2, 0) is 11.3 Å². The summed E-state index contributed by atoms with van der Waals surface area (Å²) in [7, 11) is 0. The monoisotopic (exact) mass is 225 g/mol. The van der Waals surface area contributed by atoms with Crippen LogP contribution in [0.5, 0.6) is 0 Å². The smallest absolute Gasteiger partial charge is 0.237 e. The van der Waals surface area contributed by atoms with Gasteiger partial charge in [0.2, 0.25) is 11.8 Å². The minimum Gasteiger partial charge on any atom is -0.444 e. The molecule has 5 heteroatoms. The second-order valence-corrected chi connectivity index (χ2v) is 4.32. The van der Waals surface area contributed by atoms with Gasteiger partial charge in [-0.3, -0.25) is 4.79 Å². The van der Waals surface area contributed by atoms with Gasteiger partial charge in [0.1, 0.15) is 5.76 Å². The number of carbonyl (C=O) groups is 1. The van der Waals surface area contributed by atoms with E-state index in [0.717, 1.165) is 5.76 Å². The number of nitrogens with two attached hydrogens (primary N) is 1. The number of nitrogens with one attached hydrogen (secondary N) is 1. The van der Waals surface area contributed by atoms with Gasteiger partial charge in [0, 0.05) is 0 Å². The first-order chi connectivity index (χ1) is 7.49. The van der Waals surface area contributed by atoms with E-state index in [0.29, 0.717) is 24.8 Å². The molecule has 1 rings (SSSR count). The van der Waals surface area contributed by atoms with Crippen molar-refractivity contribution < 1.29 is 9.21 Å². The van der Waals surface area contributed by atoms with Gasteiger partial charge in [-0.15, -0.1) is 0 Å². The van der Waals surface area contributed by atoms with E-state index in [4.69, 9.17) is 10.2 Å². The van der Waals surface area contributed by atoms with Crippen molar-refractivity contribution in [2.75, 3.05) is 0 Å². The minimum atomic E-state index is -0.462. The van der Waals surface area contributed by atoms with Gasteiger partial charge in [0.05, 0.1) is 18.8 Å². The molecular weight excluding hydrogens is 206 g/mol. The summed E-state index contributed by atoms with van der Waals surface area (Å²) in [5.74, 6) is 1.48. The highest BCUT2D eigenvalue weighted by Crippen LogP contribution is 2.04. The van der Waals surface area contributed by atoms with Crippen LogP contribution in [0.2, 0.25) is 0 Å². The van der Waals surface area contributed by atoms with E-state index >= 15 is 0 Å². The Labute approximate surface area is 95.4 Å². The third-order valence-electron chi connectivity index (χ3n) is 2.15. The molecule has 0 fully saturated rings. The van der Waals surface area contributed by atoms with Crippen LogP contribution in [0.4, 0.5) is 0 Å². The highest BCUT2D eigenvalue weighted by atomic mass is 16.4. The molecule has 1 unspecified atom stereocenters. The number of oxazole rings is 1. The zero-order chi connectivity index (χ0) is 12.1. The number of rotatable bonds is 5. The van der Waals surface area contributed by atoms with Crippen LogP contribution in [0, 0.1) is 12.8 Å². The van der Waals surface area contributed by atoms with Crippen molar-refractivity contribution >= 4 is 5.91 Å². The molecule has 1 heterocycles. The summed E-state index contributed by atoms with van der Waals surface area (Å²) < 4.78 is 5.23. The topological polar surface area (TPSA) is 81.2 Å². The van der Waals surface area contributed by atoms with E-state index in [1.165, 1.54) is 0 Å². The fourth-order valence-corrected chi connectivity index (χ4v) is 1.39. The van der Waals surface area contributed by atoms with Crippen molar-refractivity contribution in [1.29, 1.82) is 0 Å². The number of hydrogen-bond donors (Lipinski definition) is 2. The van der Waals surface area contributed by atoms with Crippen LogP contribution in [-0.4, -0.2) is 16.9 Å². The first-order valence-electron chi connectivity index (χ1n) is 5.43. The molecule has 0 bridgehead atoms. The Morgan fingerprint density at radius 3 is 2.81 bits per heavy atom. The third-order valence-corrected chi connectivity index (χ3v) is 2.15. The van der Waals surface area contributed by atoms with E-state index in [1.807, 2.05) is 20.8 Å². The van der Waals surface area contributed by atoms with E-state index < -0.39 is 6.04 Å². The normalized spacial score (nSPS) is 12.8. The Balaban J connectivity index is 2.35. The Morgan fingerprint density at radius 1 is 1.62 bits per heavy atom. The largest absolute Gasteiger partial charge is 0.444 e. The second kappa shape index (κ2) is 5.65. The van der Waals surface area contributed by atoms with Gasteiger partial charge in [0.15, 0.2) is 0 Å². The molecule has 0 aromatic carbocycles. The van der Waals surface area contributed by atoms with Crippen LogP contribution in [0.1, 0.15) is 31.9 Å². The predicted octanol–water partition coefficient (Wildman–Crippen LogP) is 0.973. The highest BCUT2D eigenvalue weighted by Gasteiger charge is 2.15. The SMILES string of the molecule is Cc1cnc(CNC(=O)C(N)CC(C)C)o1. The maximum Gasteiger partial charge on any atom is 0.237 e. The molecule has 0 saturated carbocycles. The molecule has 3 N–H and O–H groups in total. The Hall–Kier alpha value is -1.36. The lowest BCUT2D eigenvalue weighted by atomic mass is 10.0. The number of amides is 1. The van der Waals surface area contributed by atoms with E-state index in [1.54, 1.807) is 6.20 Å². The lowest BCUT2D eigenvalue weighted by Crippen LogP contribution is -2.41. The molecule has 1 amide bonds. The van der Waals surface area contributed by atoms with Crippen LogP contribution in [0.15, 0.2) is 10.6 Å². The second-order valence-electron chi connectivity index (χ2n) is 4.32. The van der Waals surface area contributed by atoms with Gasteiger partial charge in [-0.25, -0.2) is 4.98 Å². The van der Waals surface area contributed by atoms with Crippen molar-refractivity contribution in [3.8, 4) is 0 Å². The molecule has 90 valence electrons. The number of nitrogens with zero attached hydrogens (tertiary/aromatic N) is 1. The molecule has 0 aliphatic heterocycles. The fourth-order valence-electron chi connectivity index (χ4n) is 1.39. The molecule has 0 radical (unpaired) electrons. The first kappa shape index (κ1) is 12.7. The average molecular weight is 225 g/mol. The van der Waals surface area contributed by atoms with Crippen molar-refractivity contribution in [1.82, 2.24) is 10.3 Å². The van der Waals surface area contributed by atoms with E-state index in [9.17, 15) is 4.79 Å². The van der Waals surface area contributed by atoms with Crippen LogP contribution < -0.4 is 11.1 Å². The van der Waals surface area contributed by atoms with Gasteiger partial charge < -0.3 is 15.5 Å². The molecule has 1 aromatic rings. The first-order valence-corrected chi connectivity index (χ1v) is 5.43. The van der Waals surface area contributed by atoms with Crippen molar-refractivity contribution in [3.63, 3.8) is 0 Å². The Morgan fingerprint density at radius 2 is 2.31 bits per heavy atom. The maximum absolute atomic E-state index is 11.6. The maximum atomic E-state index is 11.6. The van der Waals surface area contributed by atoms with Crippen molar-refractivity contribution in [2.24, 2.45) is 11.7 Å². The Bertz CT molecular complexity index is 347. The number of aryl methyl sites for hydroxylation is 1. The summed E-state index contributed by atoms with van der Waals surface area (Å²) in [6.45, 7) is 6.16. The summed E-state index contributed by atoms with van der Waals surface area (Å²) in [5.41, 5.74) is 5.72. The predicted molar refractivity (Wildman–Crippen MR) is 60.5 cm³/mol. The minimum absolute atomic E-state index is 0.162.